The summed E-state index contributed by atoms with van der Waals surface area (Å²) in [5, 5.41) is 0. The summed E-state index contributed by atoms with van der Waals surface area (Å²) >= 11 is 0. The van der Waals surface area contributed by atoms with Crippen LogP contribution in [0.3, 0.4) is 0 Å². The van der Waals surface area contributed by atoms with Gasteiger partial charge in [-0.25, -0.2) is 4.99 Å². The predicted molar refractivity (Wildman–Crippen MR) is 34.5 cm³/mol. The zero-order chi connectivity index (χ0) is 6.91. The molecule has 1 heterocycles. The van der Waals surface area contributed by atoms with Gasteiger partial charge in [-0.15, -0.1) is 3.98 Å². The lowest BCUT2D eigenvalue weighted by atomic mass is 10.9. The Kier molecular flexibility index (Phi) is 1.36. The number of rotatable bonds is 1. The molecule has 0 aliphatic carbocycles. The van der Waals surface area contributed by atoms with Gasteiger partial charge in [-0.05, 0) is 0 Å². The van der Waals surface area contributed by atoms with Crippen molar-refractivity contribution >= 4 is 22.5 Å². The maximum Gasteiger partial charge on any atom is 0.363 e. The van der Waals surface area contributed by atoms with E-state index < -0.39 is 10.0 Å². The van der Waals surface area contributed by atoms with Gasteiger partial charge in [-0.1, -0.05) is 0 Å². The van der Waals surface area contributed by atoms with Gasteiger partial charge in [-0.2, -0.15) is 8.42 Å². The fourth-order valence-corrected chi connectivity index (χ4v) is 1.06. The Morgan fingerprint density at radius 2 is 2.33 bits per heavy atom. The Balaban J connectivity index is 2.92. The first kappa shape index (κ1) is 6.41. The zero-order valence-electron chi connectivity index (χ0n) is 4.98. The van der Waals surface area contributed by atoms with Crippen molar-refractivity contribution in [3.63, 3.8) is 0 Å². The first-order valence-corrected chi connectivity index (χ1v) is 4.25. The molecule has 0 aromatic rings. The van der Waals surface area contributed by atoms with Gasteiger partial charge in [0.15, 0.2) is 0 Å². The number of hydrogen-bond acceptors (Lipinski definition) is 3. The monoisotopic (exact) mass is 147 g/mol. The van der Waals surface area contributed by atoms with Crippen LogP contribution in [0.25, 0.3) is 0 Å². The molecule has 0 aromatic heterocycles. The molecular formula is C4H7N2O2S+. The molecule has 0 aromatic carbocycles. The van der Waals surface area contributed by atoms with Crippen molar-refractivity contribution in [1.29, 1.82) is 0 Å². The van der Waals surface area contributed by atoms with Crippen molar-refractivity contribution in [2.24, 2.45) is 4.99 Å². The van der Waals surface area contributed by atoms with E-state index in [2.05, 4.69) is 4.99 Å². The first-order valence-electron chi connectivity index (χ1n) is 2.41. The molecule has 1 aliphatic heterocycles. The van der Waals surface area contributed by atoms with Crippen LogP contribution in [-0.4, -0.2) is 37.8 Å². The van der Waals surface area contributed by atoms with Crippen molar-refractivity contribution in [2.75, 3.05) is 12.9 Å². The molecule has 1 rings (SSSR count). The molecule has 4 nitrogen and oxygen atoms in total. The first-order chi connectivity index (χ1) is 4.11. The molecule has 0 bridgehead atoms. The van der Waals surface area contributed by atoms with Gasteiger partial charge in [0.05, 0.1) is 12.5 Å². The van der Waals surface area contributed by atoms with Gasteiger partial charge in [0.2, 0.25) is 6.21 Å². The van der Waals surface area contributed by atoms with Gasteiger partial charge >= 0.3 is 10.0 Å². The van der Waals surface area contributed by atoms with Crippen LogP contribution < -0.4 is 0 Å². The van der Waals surface area contributed by atoms with Crippen LogP contribution in [0.1, 0.15) is 0 Å². The third-order valence-corrected chi connectivity index (χ3v) is 2.07. The van der Waals surface area contributed by atoms with Crippen LogP contribution >= 0.6 is 0 Å². The summed E-state index contributed by atoms with van der Waals surface area (Å²) in [6.45, 7) is 0.235. The highest BCUT2D eigenvalue weighted by Crippen LogP contribution is 1.89. The van der Waals surface area contributed by atoms with Gasteiger partial charge in [0.25, 0.3) is 6.67 Å². The highest BCUT2D eigenvalue weighted by molar-refractivity contribution is 7.84. The van der Waals surface area contributed by atoms with E-state index in [4.69, 9.17) is 0 Å². The fraction of sp³-hybridized carbons (Fsp3) is 0.500. The minimum atomic E-state index is -3.05. The summed E-state index contributed by atoms with van der Waals surface area (Å²) in [5.41, 5.74) is 0. The van der Waals surface area contributed by atoms with Crippen molar-refractivity contribution < 1.29 is 12.4 Å². The Labute approximate surface area is 53.6 Å². The summed E-state index contributed by atoms with van der Waals surface area (Å²) in [7, 11) is -3.05. The highest BCUT2D eigenvalue weighted by Gasteiger charge is 2.18. The molecule has 0 unspecified atom stereocenters. The minimum Gasteiger partial charge on any atom is -0.221 e. The van der Waals surface area contributed by atoms with Crippen LogP contribution in [0.5, 0.6) is 0 Å². The second-order valence-corrected chi connectivity index (χ2v) is 3.71. The number of nitrogens with zero attached hydrogens (tertiary/aromatic N) is 2. The van der Waals surface area contributed by atoms with Crippen LogP contribution in [0.2, 0.25) is 0 Å². The van der Waals surface area contributed by atoms with Crippen molar-refractivity contribution in [3.8, 4) is 0 Å². The summed E-state index contributed by atoms with van der Waals surface area (Å²) < 4.78 is 22.5. The van der Waals surface area contributed by atoms with Crippen molar-refractivity contribution in [3.05, 3.63) is 0 Å². The Bertz CT molecular complexity index is 262. The lowest BCUT2D eigenvalue weighted by Crippen LogP contribution is -2.17. The number of sulfonamides is 1. The van der Waals surface area contributed by atoms with E-state index in [9.17, 15) is 8.42 Å². The molecule has 0 fully saturated rings. The third-order valence-electron chi connectivity index (χ3n) is 0.985. The van der Waals surface area contributed by atoms with Crippen molar-refractivity contribution in [2.45, 2.75) is 0 Å². The standard InChI is InChI=1S/C4H7N2O2S/c1-9(7,8)6-3-2-5-4-6/h2-3H,4H2,1H3/q+1. The molecule has 0 atom stereocenters. The number of hydrogen-bond donors (Lipinski definition) is 0. The third kappa shape index (κ3) is 1.35. The van der Waals surface area contributed by atoms with Gasteiger partial charge < -0.3 is 0 Å². The number of aliphatic imine (C=N–C) groups is 1. The summed E-state index contributed by atoms with van der Waals surface area (Å²) in [6, 6.07) is 0. The Morgan fingerprint density at radius 3 is 2.56 bits per heavy atom. The lowest BCUT2D eigenvalue weighted by molar-refractivity contribution is -0.351. The van der Waals surface area contributed by atoms with E-state index in [1.165, 1.54) is 16.4 Å². The quantitative estimate of drug-likeness (QED) is 0.450. The van der Waals surface area contributed by atoms with Gasteiger partial charge in [-0.3, -0.25) is 0 Å². The predicted octanol–water partition coefficient (Wildman–Crippen LogP) is -0.929. The molecule has 1 aliphatic rings. The van der Waals surface area contributed by atoms with Gasteiger partial charge in [0, 0.05) is 0 Å². The Hall–Kier alpha value is -0.710. The van der Waals surface area contributed by atoms with E-state index in [0.717, 1.165) is 6.26 Å². The van der Waals surface area contributed by atoms with Gasteiger partial charge in [0.1, 0.15) is 0 Å². The molecule has 0 saturated heterocycles. The molecule has 0 amide bonds. The van der Waals surface area contributed by atoms with Crippen LogP contribution in [0.15, 0.2) is 4.99 Å². The van der Waals surface area contributed by atoms with E-state index >= 15 is 0 Å². The van der Waals surface area contributed by atoms with E-state index in [-0.39, 0.29) is 6.67 Å². The van der Waals surface area contributed by atoms with E-state index in [1.54, 1.807) is 0 Å². The SMILES string of the molecule is CS(=O)(=O)[N+]1=CC=NC1. The average Bonchev–Trinajstić information content (AvgIpc) is 2.08. The summed E-state index contributed by atoms with van der Waals surface area (Å²) in [4.78, 5) is 3.70. The van der Waals surface area contributed by atoms with Crippen LogP contribution in [0, 0.1) is 0 Å². The van der Waals surface area contributed by atoms with E-state index in [0.29, 0.717) is 0 Å². The highest BCUT2D eigenvalue weighted by atomic mass is 32.2. The second-order valence-electron chi connectivity index (χ2n) is 1.77. The topological polar surface area (TPSA) is 49.5 Å². The summed E-state index contributed by atoms with van der Waals surface area (Å²) in [6.07, 6.45) is 4.06. The smallest absolute Gasteiger partial charge is 0.221 e. The van der Waals surface area contributed by atoms with Crippen LogP contribution in [-0.2, 0) is 10.0 Å². The fourth-order valence-electron chi connectivity index (χ4n) is 0.512. The molecule has 50 valence electrons. The largest absolute Gasteiger partial charge is 0.363 e. The molecule has 0 N–H and O–H groups in total. The maximum atomic E-state index is 10.6. The van der Waals surface area contributed by atoms with Crippen molar-refractivity contribution in [1.82, 2.24) is 0 Å². The second kappa shape index (κ2) is 1.91. The molecule has 9 heavy (non-hydrogen) atoms. The molecule has 5 heteroatoms. The summed E-state index contributed by atoms with van der Waals surface area (Å²) in [5.74, 6) is 0. The molecular weight excluding hydrogens is 140 g/mol. The molecule has 0 saturated carbocycles. The normalized spacial score (nSPS) is 18.1. The molecule has 0 spiro atoms. The molecule has 0 radical (unpaired) electrons. The maximum absolute atomic E-state index is 10.6. The lowest BCUT2D eigenvalue weighted by Gasteiger charge is -1.87. The minimum absolute atomic E-state index is 0.235. The Morgan fingerprint density at radius 1 is 1.67 bits per heavy atom. The van der Waals surface area contributed by atoms with Crippen LogP contribution in [0.4, 0.5) is 0 Å². The van der Waals surface area contributed by atoms with E-state index in [1.807, 2.05) is 0 Å². The average molecular weight is 147 g/mol. The zero-order valence-corrected chi connectivity index (χ0v) is 5.80.